The van der Waals surface area contributed by atoms with Crippen molar-refractivity contribution in [2.45, 2.75) is 13.3 Å². The van der Waals surface area contributed by atoms with Gasteiger partial charge in [0.15, 0.2) is 4.77 Å². The summed E-state index contributed by atoms with van der Waals surface area (Å²) in [6, 6.07) is 9.00. The van der Waals surface area contributed by atoms with Gasteiger partial charge in [0.2, 0.25) is 0 Å². The van der Waals surface area contributed by atoms with E-state index in [4.69, 9.17) is 22.7 Å². The van der Waals surface area contributed by atoms with E-state index < -0.39 is 0 Å². The Bertz CT molecular complexity index is 726. The molecule has 2 rings (SSSR count). The zero-order valence-electron chi connectivity index (χ0n) is 9.64. The van der Waals surface area contributed by atoms with Crippen LogP contribution in [0.25, 0.3) is 5.69 Å². The average Bonchev–Trinajstić information content (AvgIpc) is 2.79. The molecule has 0 aliphatic rings. The van der Waals surface area contributed by atoms with Gasteiger partial charge in [-0.3, -0.25) is 9.67 Å². The van der Waals surface area contributed by atoms with Gasteiger partial charge in [0.05, 0.1) is 16.8 Å². The molecule has 0 saturated heterocycles. The number of hydrogen-bond acceptors (Lipinski definition) is 4. The van der Waals surface area contributed by atoms with Crippen molar-refractivity contribution in [2.24, 2.45) is 0 Å². The molecular formula is C12H9N5S. The molecule has 1 heterocycles. The van der Waals surface area contributed by atoms with Gasteiger partial charge < -0.3 is 0 Å². The van der Waals surface area contributed by atoms with Crippen molar-refractivity contribution in [3.8, 4) is 17.8 Å². The molecule has 0 unspecified atom stereocenters. The number of aryl methyl sites for hydroxylation is 1. The second-order valence-corrected chi connectivity index (χ2v) is 3.97. The van der Waals surface area contributed by atoms with E-state index in [2.05, 4.69) is 10.2 Å². The molecule has 2 aromatic rings. The smallest absolute Gasteiger partial charge is 0.199 e. The SMILES string of the molecule is CCc1n[nH]c(=S)n1-c1ccc(C#N)c(C#N)c1. The van der Waals surface area contributed by atoms with Gasteiger partial charge in [-0.2, -0.15) is 15.6 Å². The second-order valence-electron chi connectivity index (χ2n) is 3.59. The quantitative estimate of drug-likeness (QED) is 0.834. The van der Waals surface area contributed by atoms with Gasteiger partial charge in [-0.05, 0) is 30.4 Å². The molecule has 0 saturated carbocycles. The van der Waals surface area contributed by atoms with Crippen molar-refractivity contribution < 1.29 is 0 Å². The number of nitrogens with zero attached hydrogens (tertiary/aromatic N) is 4. The van der Waals surface area contributed by atoms with Crippen molar-refractivity contribution in [3.63, 3.8) is 0 Å². The number of aromatic nitrogens is 3. The number of nitrogens with one attached hydrogen (secondary N) is 1. The van der Waals surface area contributed by atoms with Crippen molar-refractivity contribution in [3.05, 3.63) is 39.9 Å². The Labute approximate surface area is 109 Å². The highest BCUT2D eigenvalue weighted by Crippen LogP contribution is 2.16. The van der Waals surface area contributed by atoms with E-state index in [0.717, 1.165) is 17.9 Å². The average molecular weight is 255 g/mol. The normalized spacial score (nSPS) is 9.72. The van der Waals surface area contributed by atoms with E-state index in [-0.39, 0.29) is 0 Å². The van der Waals surface area contributed by atoms with Gasteiger partial charge in [0, 0.05) is 6.42 Å². The predicted molar refractivity (Wildman–Crippen MR) is 67.6 cm³/mol. The van der Waals surface area contributed by atoms with Crippen LogP contribution in [-0.2, 0) is 6.42 Å². The lowest BCUT2D eigenvalue weighted by atomic mass is 10.1. The highest BCUT2D eigenvalue weighted by atomic mass is 32.1. The first kappa shape index (κ1) is 12.0. The minimum absolute atomic E-state index is 0.333. The first-order chi connectivity index (χ1) is 8.71. The maximum absolute atomic E-state index is 9.01. The minimum Gasteiger partial charge on any atom is -0.272 e. The Hall–Kier alpha value is -2.44. The van der Waals surface area contributed by atoms with Crippen LogP contribution in [0.2, 0.25) is 0 Å². The first-order valence-corrected chi connectivity index (χ1v) is 5.73. The molecule has 18 heavy (non-hydrogen) atoms. The lowest BCUT2D eigenvalue weighted by Gasteiger charge is -2.06. The van der Waals surface area contributed by atoms with E-state index in [1.54, 1.807) is 22.8 Å². The van der Waals surface area contributed by atoms with Crippen LogP contribution in [0.1, 0.15) is 23.9 Å². The molecule has 88 valence electrons. The summed E-state index contributed by atoms with van der Waals surface area (Å²) in [6.07, 6.45) is 0.717. The highest BCUT2D eigenvalue weighted by molar-refractivity contribution is 7.71. The van der Waals surface area contributed by atoms with Crippen LogP contribution in [0.3, 0.4) is 0 Å². The van der Waals surface area contributed by atoms with E-state index in [0.29, 0.717) is 15.9 Å². The van der Waals surface area contributed by atoms with E-state index >= 15 is 0 Å². The summed E-state index contributed by atoms with van der Waals surface area (Å²) < 4.78 is 2.23. The summed E-state index contributed by atoms with van der Waals surface area (Å²) >= 11 is 5.16. The standard InChI is InChI=1S/C12H9N5S/c1-2-11-15-16-12(18)17(11)10-4-3-8(6-13)9(5-10)7-14/h3-5H,2H2,1H3,(H,16,18). The van der Waals surface area contributed by atoms with Crippen LogP contribution in [0.15, 0.2) is 18.2 Å². The lowest BCUT2D eigenvalue weighted by molar-refractivity contribution is 0.880. The number of aromatic amines is 1. The predicted octanol–water partition coefficient (Wildman–Crippen LogP) is 2.24. The Kier molecular flexibility index (Phi) is 3.22. The largest absolute Gasteiger partial charge is 0.272 e. The van der Waals surface area contributed by atoms with Crippen molar-refractivity contribution in [2.75, 3.05) is 0 Å². The first-order valence-electron chi connectivity index (χ1n) is 5.32. The summed E-state index contributed by atoms with van der Waals surface area (Å²) in [5, 5.41) is 24.7. The van der Waals surface area contributed by atoms with E-state index in [1.165, 1.54) is 0 Å². The molecule has 1 N–H and O–H groups in total. The molecule has 0 fully saturated rings. The number of hydrogen-bond donors (Lipinski definition) is 1. The fourth-order valence-corrected chi connectivity index (χ4v) is 1.95. The molecule has 0 bridgehead atoms. The third-order valence-electron chi connectivity index (χ3n) is 2.56. The zero-order chi connectivity index (χ0) is 13.1. The number of H-pyrrole nitrogens is 1. The van der Waals surface area contributed by atoms with Gasteiger partial charge in [0.25, 0.3) is 0 Å². The highest BCUT2D eigenvalue weighted by Gasteiger charge is 2.09. The Morgan fingerprint density at radius 1 is 1.33 bits per heavy atom. The molecule has 0 amide bonds. The van der Waals surface area contributed by atoms with Gasteiger partial charge in [-0.25, -0.2) is 0 Å². The van der Waals surface area contributed by atoms with Crippen LogP contribution >= 0.6 is 12.2 Å². The monoisotopic (exact) mass is 255 g/mol. The number of nitriles is 2. The number of rotatable bonds is 2. The molecule has 1 aromatic carbocycles. The topological polar surface area (TPSA) is 81.2 Å². The van der Waals surface area contributed by atoms with Crippen LogP contribution in [0.5, 0.6) is 0 Å². The molecule has 1 aromatic heterocycles. The Morgan fingerprint density at radius 3 is 2.67 bits per heavy atom. The van der Waals surface area contributed by atoms with Crippen molar-refractivity contribution >= 4 is 12.2 Å². The fraction of sp³-hybridized carbons (Fsp3) is 0.167. The zero-order valence-corrected chi connectivity index (χ0v) is 10.5. The third-order valence-corrected chi connectivity index (χ3v) is 2.83. The third kappa shape index (κ3) is 1.90. The Morgan fingerprint density at radius 2 is 2.06 bits per heavy atom. The molecule has 0 spiro atoms. The minimum atomic E-state index is 0.333. The molecule has 0 aliphatic heterocycles. The molecule has 5 nitrogen and oxygen atoms in total. The lowest BCUT2D eigenvalue weighted by Crippen LogP contribution is -2.01. The molecular weight excluding hydrogens is 246 g/mol. The maximum Gasteiger partial charge on any atom is 0.199 e. The van der Waals surface area contributed by atoms with E-state index in [1.807, 2.05) is 19.1 Å². The molecule has 0 radical (unpaired) electrons. The molecule has 0 aliphatic carbocycles. The maximum atomic E-state index is 9.01. The second kappa shape index (κ2) is 4.82. The summed E-state index contributed by atoms with van der Waals surface area (Å²) in [5.74, 6) is 0.786. The summed E-state index contributed by atoms with van der Waals surface area (Å²) in [7, 11) is 0. The Balaban J connectivity index is 2.67. The van der Waals surface area contributed by atoms with Gasteiger partial charge in [0.1, 0.15) is 18.0 Å². The van der Waals surface area contributed by atoms with Crippen molar-refractivity contribution in [1.29, 1.82) is 10.5 Å². The van der Waals surface area contributed by atoms with Gasteiger partial charge in [-0.15, -0.1) is 0 Å². The number of benzene rings is 1. The van der Waals surface area contributed by atoms with Gasteiger partial charge >= 0.3 is 0 Å². The van der Waals surface area contributed by atoms with E-state index in [9.17, 15) is 0 Å². The van der Waals surface area contributed by atoms with Crippen LogP contribution in [-0.4, -0.2) is 14.8 Å². The summed E-state index contributed by atoms with van der Waals surface area (Å²) in [6.45, 7) is 1.97. The van der Waals surface area contributed by atoms with Crippen molar-refractivity contribution in [1.82, 2.24) is 14.8 Å². The fourth-order valence-electron chi connectivity index (χ4n) is 1.69. The van der Waals surface area contributed by atoms with Crippen LogP contribution in [0, 0.1) is 27.4 Å². The summed E-state index contributed by atoms with van der Waals surface area (Å²) in [4.78, 5) is 0. The summed E-state index contributed by atoms with van der Waals surface area (Å²) in [5.41, 5.74) is 1.43. The molecule has 6 heteroatoms. The van der Waals surface area contributed by atoms with Crippen LogP contribution in [0.4, 0.5) is 0 Å². The van der Waals surface area contributed by atoms with Gasteiger partial charge in [-0.1, -0.05) is 6.92 Å². The molecule has 0 atom stereocenters. The van der Waals surface area contributed by atoms with Crippen LogP contribution < -0.4 is 0 Å².